The molecule has 0 N–H and O–H groups in total. The number of nitrogens with zero attached hydrogens (tertiary/aromatic N) is 3. The highest BCUT2D eigenvalue weighted by molar-refractivity contribution is 7.15. The summed E-state index contributed by atoms with van der Waals surface area (Å²) in [6.07, 6.45) is 8.16. The van der Waals surface area contributed by atoms with Crippen molar-refractivity contribution in [3.63, 3.8) is 0 Å². The molecule has 0 spiro atoms. The van der Waals surface area contributed by atoms with Crippen molar-refractivity contribution in [2.45, 2.75) is 38.5 Å². The van der Waals surface area contributed by atoms with Crippen molar-refractivity contribution in [2.24, 2.45) is 0 Å². The summed E-state index contributed by atoms with van der Waals surface area (Å²) in [7, 11) is 0. The Labute approximate surface area is 162 Å². The molecule has 1 aliphatic heterocycles. The van der Waals surface area contributed by atoms with Gasteiger partial charge in [-0.15, -0.1) is 11.3 Å². The van der Waals surface area contributed by atoms with E-state index in [0.29, 0.717) is 6.42 Å². The third-order valence-corrected chi connectivity index (χ3v) is 6.12. The van der Waals surface area contributed by atoms with Gasteiger partial charge in [-0.2, -0.15) is 0 Å². The number of carbonyl (C=O) groups is 1. The number of imidazole rings is 1. The predicted octanol–water partition coefficient (Wildman–Crippen LogP) is 5.05. The monoisotopic (exact) mass is 387 g/mol. The molecule has 26 heavy (non-hydrogen) atoms. The van der Waals surface area contributed by atoms with Gasteiger partial charge in [0.2, 0.25) is 5.91 Å². The van der Waals surface area contributed by atoms with E-state index >= 15 is 0 Å². The third kappa shape index (κ3) is 3.79. The molecule has 6 heteroatoms. The van der Waals surface area contributed by atoms with Gasteiger partial charge in [0, 0.05) is 47.4 Å². The number of benzene rings is 1. The second-order valence-corrected chi connectivity index (χ2v) is 8.08. The first kappa shape index (κ1) is 17.6. The van der Waals surface area contributed by atoms with E-state index in [1.165, 1.54) is 12.8 Å². The maximum absolute atomic E-state index is 12.5. The second-order valence-electron chi connectivity index (χ2n) is 6.81. The second kappa shape index (κ2) is 7.80. The Morgan fingerprint density at radius 1 is 1.12 bits per heavy atom. The standard InChI is InChI=1S/C20H22ClN3OS/c21-16-7-5-15(6-8-16)18-13-24-17(14-26-20(24)22-18)9-10-19(25)23-11-3-1-2-4-12-23/h5-8,13-14H,1-4,9-12H2. The number of thiazole rings is 1. The van der Waals surface area contributed by atoms with Crippen LogP contribution in [0.2, 0.25) is 5.02 Å². The molecule has 0 unspecified atom stereocenters. The van der Waals surface area contributed by atoms with Crippen molar-refractivity contribution < 1.29 is 4.79 Å². The number of hydrogen-bond acceptors (Lipinski definition) is 3. The molecule has 4 nitrogen and oxygen atoms in total. The number of fused-ring (bicyclic) bond motifs is 1. The lowest BCUT2D eigenvalue weighted by Gasteiger charge is -2.20. The SMILES string of the molecule is O=C(CCc1csc2nc(-c3ccc(Cl)cc3)cn12)N1CCCCCC1. The minimum absolute atomic E-state index is 0.282. The summed E-state index contributed by atoms with van der Waals surface area (Å²) in [6.45, 7) is 1.84. The molecule has 3 heterocycles. The molecular weight excluding hydrogens is 366 g/mol. The fourth-order valence-corrected chi connectivity index (χ4v) is 4.52. The number of likely N-dealkylation sites (tertiary alicyclic amines) is 1. The van der Waals surface area contributed by atoms with Crippen LogP contribution in [0.4, 0.5) is 0 Å². The van der Waals surface area contributed by atoms with Gasteiger partial charge in [-0.05, 0) is 31.4 Å². The fraction of sp³-hybridized carbons (Fsp3) is 0.400. The van der Waals surface area contributed by atoms with Gasteiger partial charge >= 0.3 is 0 Å². The fourth-order valence-electron chi connectivity index (χ4n) is 3.48. The van der Waals surface area contributed by atoms with Crippen molar-refractivity contribution in [3.05, 3.63) is 46.6 Å². The van der Waals surface area contributed by atoms with Crippen LogP contribution in [0.5, 0.6) is 0 Å². The lowest BCUT2D eigenvalue weighted by molar-refractivity contribution is -0.131. The van der Waals surface area contributed by atoms with Crippen molar-refractivity contribution in [1.82, 2.24) is 14.3 Å². The molecular formula is C20H22ClN3OS. The molecule has 1 saturated heterocycles. The van der Waals surface area contributed by atoms with E-state index in [9.17, 15) is 4.79 Å². The Balaban J connectivity index is 1.46. The molecule has 2 aromatic heterocycles. The Morgan fingerprint density at radius 2 is 1.85 bits per heavy atom. The number of halogens is 1. The number of carbonyl (C=O) groups excluding carboxylic acids is 1. The summed E-state index contributed by atoms with van der Waals surface area (Å²) in [4.78, 5) is 20.2. The van der Waals surface area contributed by atoms with Crippen LogP contribution in [0.15, 0.2) is 35.8 Å². The van der Waals surface area contributed by atoms with Crippen LogP contribution in [0.3, 0.4) is 0 Å². The smallest absolute Gasteiger partial charge is 0.222 e. The van der Waals surface area contributed by atoms with Crippen molar-refractivity contribution >= 4 is 33.8 Å². The Morgan fingerprint density at radius 3 is 2.58 bits per heavy atom. The molecule has 0 aliphatic carbocycles. The van der Waals surface area contributed by atoms with E-state index in [1.54, 1.807) is 11.3 Å². The first-order valence-corrected chi connectivity index (χ1v) is 10.5. The van der Waals surface area contributed by atoms with Crippen LogP contribution in [0.25, 0.3) is 16.2 Å². The lowest BCUT2D eigenvalue weighted by Crippen LogP contribution is -2.32. The van der Waals surface area contributed by atoms with Crippen molar-refractivity contribution in [1.29, 1.82) is 0 Å². The van der Waals surface area contributed by atoms with Crippen molar-refractivity contribution in [2.75, 3.05) is 13.1 Å². The molecule has 1 aromatic carbocycles. The van der Waals surface area contributed by atoms with E-state index in [0.717, 1.165) is 59.3 Å². The molecule has 0 radical (unpaired) electrons. The van der Waals surface area contributed by atoms with Crippen molar-refractivity contribution in [3.8, 4) is 11.3 Å². The Bertz CT molecular complexity index is 892. The topological polar surface area (TPSA) is 37.6 Å². The summed E-state index contributed by atoms with van der Waals surface area (Å²) in [5.41, 5.74) is 3.14. The predicted molar refractivity (Wildman–Crippen MR) is 107 cm³/mol. The van der Waals surface area contributed by atoms with Gasteiger partial charge in [0.25, 0.3) is 0 Å². The number of aromatic nitrogens is 2. The molecule has 1 fully saturated rings. The van der Waals surface area contributed by atoms with Gasteiger partial charge < -0.3 is 4.90 Å². The largest absolute Gasteiger partial charge is 0.343 e. The summed E-state index contributed by atoms with van der Waals surface area (Å²) in [5.74, 6) is 0.282. The van der Waals surface area contributed by atoms with Crippen LogP contribution in [0, 0.1) is 0 Å². The quantitative estimate of drug-likeness (QED) is 0.628. The maximum atomic E-state index is 12.5. The molecule has 0 bridgehead atoms. The van der Waals surface area contributed by atoms with E-state index in [2.05, 4.69) is 16.0 Å². The van der Waals surface area contributed by atoms with Crippen LogP contribution >= 0.6 is 22.9 Å². The minimum Gasteiger partial charge on any atom is -0.343 e. The maximum Gasteiger partial charge on any atom is 0.222 e. The summed E-state index contributed by atoms with van der Waals surface area (Å²) >= 11 is 7.59. The van der Waals surface area contributed by atoms with Crippen LogP contribution in [0.1, 0.15) is 37.8 Å². The van der Waals surface area contributed by atoms with Gasteiger partial charge in [0.1, 0.15) is 0 Å². The zero-order valence-electron chi connectivity index (χ0n) is 14.7. The first-order chi connectivity index (χ1) is 12.7. The minimum atomic E-state index is 0.282. The average molecular weight is 388 g/mol. The number of aryl methyl sites for hydroxylation is 1. The molecule has 4 rings (SSSR count). The number of amides is 1. The summed E-state index contributed by atoms with van der Waals surface area (Å²) in [5, 5.41) is 2.84. The summed E-state index contributed by atoms with van der Waals surface area (Å²) in [6, 6.07) is 7.73. The lowest BCUT2D eigenvalue weighted by atomic mass is 10.2. The van der Waals surface area contributed by atoms with Gasteiger partial charge in [0.15, 0.2) is 4.96 Å². The molecule has 1 aliphatic rings. The highest BCUT2D eigenvalue weighted by atomic mass is 35.5. The van der Waals surface area contributed by atoms with Crippen LogP contribution < -0.4 is 0 Å². The molecule has 3 aromatic rings. The van der Waals surface area contributed by atoms with E-state index in [-0.39, 0.29) is 5.91 Å². The molecule has 0 atom stereocenters. The normalized spacial score (nSPS) is 15.3. The zero-order chi connectivity index (χ0) is 17.9. The van der Waals surface area contributed by atoms with Gasteiger partial charge in [0.05, 0.1) is 5.69 Å². The Kier molecular flexibility index (Phi) is 5.27. The van der Waals surface area contributed by atoms with Gasteiger partial charge in [-0.3, -0.25) is 9.20 Å². The van der Waals surface area contributed by atoms with E-state index < -0.39 is 0 Å². The molecule has 136 valence electrons. The first-order valence-electron chi connectivity index (χ1n) is 9.20. The van der Waals surface area contributed by atoms with Crippen LogP contribution in [-0.2, 0) is 11.2 Å². The average Bonchev–Trinajstić information content (AvgIpc) is 3.10. The number of rotatable bonds is 4. The van der Waals surface area contributed by atoms with Gasteiger partial charge in [-0.1, -0.05) is 36.6 Å². The van der Waals surface area contributed by atoms with Crippen LogP contribution in [-0.4, -0.2) is 33.3 Å². The highest BCUT2D eigenvalue weighted by Gasteiger charge is 2.16. The number of hydrogen-bond donors (Lipinski definition) is 0. The molecule has 1 amide bonds. The summed E-state index contributed by atoms with van der Waals surface area (Å²) < 4.78 is 2.12. The third-order valence-electron chi connectivity index (χ3n) is 4.98. The van der Waals surface area contributed by atoms with E-state index in [4.69, 9.17) is 16.6 Å². The Hall–Kier alpha value is -1.85. The zero-order valence-corrected chi connectivity index (χ0v) is 16.2. The highest BCUT2D eigenvalue weighted by Crippen LogP contribution is 2.25. The molecule has 0 saturated carbocycles. The van der Waals surface area contributed by atoms with Gasteiger partial charge in [-0.25, -0.2) is 4.98 Å². The van der Waals surface area contributed by atoms with E-state index in [1.807, 2.05) is 29.2 Å².